The van der Waals surface area contributed by atoms with Gasteiger partial charge in [0.15, 0.2) is 0 Å². The molecule has 5 heterocycles. The van der Waals surface area contributed by atoms with E-state index in [2.05, 4.69) is 110 Å². The molecular formula is C35H86N8O2. The fourth-order valence-electron chi connectivity index (χ4n) is 5.11. The summed E-state index contributed by atoms with van der Waals surface area (Å²) in [5.41, 5.74) is 0. The van der Waals surface area contributed by atoms with Crippen molar-refractivity contribution in [2.75, 3.05) is 160 Å². The van der Waals surface area contributed by atoms with Crippen LogP contribution in [0.4, 0.5) is 0 Å². The van der Waals surface area contributed by atoms with Crippen molar-refractivity contribution < 1.29 is 9.47 Å². The van der Waals surface area contributed by atoms with E-state index in [1.165, 1.54) is 65.4 Å². The summed E-state index contributed by atoms with van der Waals surface area (Å²) in [4.78, 5) is 16.5. The Hall–Kier alpha value is -0.400. The summed E-state index contributed by atoms with van der Waals surface area (Å²) >= 11 is 0. The van der Waals surface area contributed by atoms with Gasteiger partial charge in [0.05, 0.1) is 25.4 Å². The third-order valence-corrected chi connectivity index (χ3v) is 8.17. The number of likely N-dealkylation sites (N-methyl/N-ethyl adjacent to an activating group) is 6. The van der Waals surface area contributed by atoms with Crippen LogP contribution in [0, 0.1) is 0 Å². The SMILES string of the molecule is C.C.C.C.CC(C)N1CCN(C)CC1.CC1CN(C)CC(C)O1.CN1CCN(C)CC1.CN1CCNCC1.CN1CCOCC1. The van der Waals surface area contributed by atoms with Gasteiger partial charge in [-0.1, -0.05) is 29.7 Å². The summed E-state index contributed by atoms with van der Waals surface area (Å²) in [6, 6.07) is 0.730. The van der Waals surface area contributed by atoms with Crippen molar-refractivity contribution in [1.82, 2.24) is 39.6 Å². The zero-order valence-electron chi connectivity index (χ0n) is 28.9. The van der Waals surface area contributed by atoms with Crippen LogP contribution in [-0.2, 0) is 9.47 Å². The third kappa shape index (κ3) is 28.3. The average Bonchev–Trinajstić information content (AvgIpc) is 2.92. The largest absolute Gasteiger partial charge is 0.379 e. The molecule has 0 radical (unpaired) electrons. The fraction of sp³-hybridized carbons (Fsp3) is 1.00. The van der Waals surface area contributed by atoms with Gasteiger partial charge in [-0.25, -0.2) is 0 Å². The number of hydrogen-bond donors (Lipinski definition) is 1. The second kappa shape index (κ2) is 30.9. The molecule has 5 saturated heterocycles. The van der Waals surface area contributed by atoms with Gasteiger partial charge < -0.3 is 44.2 Å². The average molecular weight is 651 g/mol. The summed E-state index contributed by atoms with van der Waals surface area (Å²) in [6.45, 7) is 29.6. The number of piperazine rings is 3. The minimum absolute atomic E-state index is 0. The van der Waals surface area contributed by atoms with Crippen molar-refractivity contribution in [1.29, 1.82) is 0 Å². The summed E-state index contributed by atoms with van der Waals surface area (Å²) in [5, 5.41) is 3.27. The van der Waals surface area contributed by atoms with E-state index in [9.17, 15) is 0 Å². The number of ether oxygens (including phenoxy) is 2. The number of rotatable bonds is 1. The zero-order chi connectivity index (χ0) is 30.6. The Kier molecular flexibility index (Phi) is 35.3. The van der Waals surface area contributed by atoms with Gasteiger partial charge in [0.1, 0.15) is 0 Å². The highest BCUT2D eigenvalue weighted by atomic mass is 16.5. The maximum atomic E-state index is 5.51. The van der Waals surface area contributed by atoms with Gasteiger partial charge in [-0.05, 0) is 70.0 Å². The smallest absolute Gasteiger partial charge is 0.0678 e. The van der Waals surface area contributed by atoms with Crippen molar-refractivity contribution >= 4 is 0 Å². The van der Waals surface area contributed by atoms with E-state index in [1.807, 2.05) is 0 Å². The van der Waals surface area contributed by atoms with E-state index < -0.39 is 0 Å². The van der Waals surface area contributed by atoms with E-state index in [1.54, 1.807) is 0 Å². The quantitative estimate of drug-likeness (QED) is 0.458. The van der Waals surface area contributed by atoms with Gasteiger partial charge in [-0.15, -0.1) is 0 Å². The van der Waals surface area contributed by atoms with Crippen LogP contribution < -0.4 is 5.32 Å². The van der Waals surface area contributed by atoms with Crippen LogP contribution in [0.15, 0.2) is 0 Å². The van der Waals surface area contributed by atoms with E-state index in [4.69, 9.17) is 9.47 Å². The highest BCUT2D eigenvalue weighted by Gasteiger charge is 2.18. The fourth-order valence-corrected chi connectivity index (χ4v) is 5.11. The first-order valence-corrected chi connectivity index (χ1v) is 16.3. The van der Waals surface area contributed by atoms with Crippen molar-refractivity contribution in [3.05, 3.63) is 0 Å². The second-order valence-electron chi connectivity index (χ2n) is 13.0. The zero-order valence-corrected chi connectivity index (χ0v) is 28.9. The molecule has 5 fully saturated rings. The molecule has 0 aromatic carbocycles. The lowest BCUT2D eigenvalue weighted by atomic mass is 10.2. The molecule has 10 heteroatoms. The van der Waals surface area contributed by atoms with Crippen LogP contribution in [0.3, 0.4) is 0 Å². The van der Waals surface area contributed by atoms with E-state index >= 15 is 0 Å². The van der Waals surface area contributed by atoms with Gasteiger partial charge in [0, 0.05) is 111 Å². The van der Waals surface area contributed by atoms with Gasteiger partial charge in [-0.3, -0.25) is 4.90 Å². The normalized spacial score (nSPS) is 25.7. The van der Waals surface area contributed by atoms with Gasteiger partial charge in [-0.2, -0.15) is 0 Å². The Labute approximate surface area is 284 Å². The number of nitrogens with one attached hydrogen (secondary N) is 1. The van der Waals surface area contributed by atoms with Crippen molar-refractivity contribution in [3.8, 4) is 0 Å². The molecule has 278 valence electrons. The monoisotopic (exact) mass is 651 g/mol. The molecule has 2 unspecified atom stereocenters. The van der Waals surface area contributed by atoms with Crippen molar-refractivity contribution in [3.63, 3.8) is 0 Å². The van der Waals surface area contributed by atoms with Gasteiger partial charge in [0.2, 0.25) is 0 Å². The molecule has 10 nitrogen and oxygen atoms in total. The Morgan fingerprint density at radius 2 is 0.822 bits per heavy atom. The van der Waals surface area contributed by atoms with Crippen LogP contribution in [-0.4, -0.2) is 213 Å². The minimum Gasteiger partial charge on any atom is -0.379 e. The predicted octanol–water partition coefficient (Wildman–Crippen LogP) is 3.25. The lowest BCUT2D eigenvalue weighted by Gasteiger charge is -2.34. The third-order valence-electron chi connectivity index (χ3n) is 8.17. The lowest BCUT2D eigenvalue weighted by molar-refractivity contribution is -0.0602. The molecule has 5 rings (SSSR count). The number of hydrogen-bond acceptors (Lipinski definition) is 10. The highest BCUT2D eigenvalue weighted by molar-refractivity contribution is 4.72. The van der Waals surface area contributed by atoms with E-state index in [0.717, 1.165) is 58.5 Å². The summed E-state index contributed by atoms with van der Waals surface area (Å²) in [5.74, 6) is 0. The lowest BCUT2D eigenvalue weighted by Crippen LogP contribution is -2.47. The first-order valence-electron chi connectivity index (χ1n) is 16.3. The Balaban J connectivity index is -0.000000230. The number of nitrogens with zero attached hydrogens (tertiary/aromatic N) is 7. The Bertz CT molecular complexity index is 539. The minimum atomic E-state index is 0. The predicted molar refractivity (Wildman–Crippen MR) is 202 cm³/mol. The molecule has 5 aliphatic heterocycles. The van der Waals surface area contributed by atoms with Crippen LogP contribution in [0.2, 0.25) is 0 Å². The maximum absolute atomic E-state index is 5.51. The van der Waals surface area contributed by atoms with Crippen molar-refractivity contribution in [2.45, 2.75) is 75.7 Å². The molecule has 0 aromatic rings. The second-order valence-corrected chi connectivity index (χ2v) is 13.0. The highest BCUT2D eigenvalue weighted by Crippen LogP contribution is 2.07. The summed E-state index contributed by atoms with van der Waals surface area (Å²) in [7, 11) is 12.9. The first kappa shape index (κ1) is 51.4. The topological polar surface area (TPSA) is 53.2 Å². The van der Waals surface area contributed by atoms with Gasteiger partial charge in [0.25, 0.3) is 0 Å². The first-order chi connectivity index (χ1) is 19.5. The summed E-state index contributed by atoms with van der Waals surface area (Å²) < 4.78 is 10.6. The van der Waals surface area contributed by atoms with Crippen LogP contribution in [0.5, 0.6) is 0 Å². The molecule has 0 amide bonds. The summed E-state index contributed by atoms with van der Waals surface area (Å²) in [6.07, 6.45) is 0.831. The molecule has 45 heavy (non-hydrogen) atoms. The van der Waals surface area contributed by atoms with Crippen LogP contribution in [0.25, 0.3) is 0 Å². The Morgan fingerprint density at radius 1 is 0.489 bits per heavy atom. The van der Waals surface area contributed by atoms with Crippen LogP contribution in [0.1, 0.15) is 57.4 Å². The molecule has 0 aromatic heterocycles. The van der Waals surface area contributed by atoms with Crippen LogP contribution >= 0.6 is 0 Å². The Morgan fingerprint density at radius 3 is 1.09 bits per heavy atom. The standard InChI is InChI=1S/C8H18N2.C7H15NO.C6H14N2.C5H12N2.C5H11NO.4CH4/c1-8(2)10-6-4-9(3)5-7-10;1-6-4-8(3)5-7(2)9-6;1-7-3-5-8(2)6-4-7;1-7-4-2-6-3-5-7;1-6-2-4-7-5-3-6;;;;/h8H,4-7H2,1-3H3;6-7H,4-5H2,1-3H3;3-6H2,1-2H3;6H,2-5H2,1H3;2-5H2,1H3;4*1H4. The molecule has 0 saturated carbocycles. The molecule has 2 atom stereocenters. The molecule has 0 bridgehead atoms. The van der Waals surface area contributed by atoms with E-state index in [0.29, 0.717) is 12.2 Å². The molecule has 0 aliphatic carbocycles. The molecular weight excluding hydrogens is 564 g/mol. The van der Waals surface area contributed by atoms with E-state index in [-0.39, 0.29) is 29.7 Å². The van der Waals surface area contributed by atoms with Crippen molar-refractivity contribution in [2.24, 2.45) is 0 Å². The van der Waals surface area contributed by atoms with Gasteiger partial charge >= 0.3 is 0 Å². The molecule has 0 spiro atoms. The molecule has 1 N–H and O–H groups in total. The molecule has 5 aliphatic rings. The maximum Gasteiger partial charge on any atom is 0.0678 e. The number of morpholine rings is 2.